The van der Waals surface area contributed by atoms with E-state index in [9.17, 15) is 0 Å². The van der Waals surface area contributed by atoms with Gasteiger partial charge in [-0.2, -0.15) is 0 Å². The van der Waals surface area contributed by atoms with E-state index in [-0.39, 0.29) is 0 Å². The van der Waals surface area contributed by atoms with Gasteiger partial charge in [-0.1, -0.05) is 70.0 Å². The number of aryl methyl sites for hydroxylation is 1. The maximum Gasteiger partial charge on any atom is 0.141 e. The van der Waals surface area contributed by atoms with Gasteiger partial charge in [0, 0.05) is 16.6 Å². The summed E-state index contributed by atoms with van der Waals surface area (Å²) >= 11 is 3.50. The summed E-state index contributed by atoms with van der Waals surface area (Å²) in [6.07, 6.45) is 0. The number of para-hydroxylation sites is 2. The first-order valence-corrected chi connectivity index (χ1v) is 8.77. The molecule has 0 N–H and O–H groups in total. The quantitative estimate of drug-likeness (QED) is 0.440. The first-order valence-electron chi connectivity index (χ1n) is 7.97. The molecule has 3 aromatic carbocycles. The van der Waals surface area contributed by atoms with E-state index in [2.05, 4.69) is 94.2 Å². The highest BCUT2D eigenvalue weighted by molar-refractivity contribution is 9.10. The molecule has 24 heavy (non-hydrogen) atoms. The number of halogens is 1. The van der Waals surface area contributed by atoms with E-state index >= 15 is 0 Å². The first kappa shape index (κ1) is 15.2. The van der Waals surface area contributed by atoms with Gasteiger partial charge in [-0.3, -0.25) is 0 Å². The van der Waals surface area contributed by atoms with Crippen molar-refractivity contribution in [1.82, 2.24) is 9.55 Å². The summed E-state index contributed by atoms with van der Waals surface area (Å²) in [4.78, 5) is 4.87. The van der Waals surface area contributed by atoms with Gasteiger partial charge in [-0.25, -0.2) is 4.98 Å². The maximum atomic E-state index is 4.87. The number of benzene rings is 3. The van der Waals surface area contributed by atoms with Crippen molar-refractivity contribution in [2.24, 2.45) is 0 Å². The minimum absolute atomic E-state index is 0.812. The van der Waals surface area contributed by atoms with Crippen molar-refractivity contribution < 1.29 is 0 Å². The Morgan fingerprint density at radius 3 is 2.33 bits per heavy atom. The van der Waals surface area contributed by atoms with Crippen LogP contribution in [0.25, 0.3) is 22.4 Å². The van der Waals surface area contributed by atoms with Crippen molar-refractivity contribution in [3.05, 3.63) is 88.4 Å². The highest BCUT2D eigenvalue weighted by Gasteiger charge is 2.12. The molecule has 0 amide bonds. The smallest absolute Gasteiger partial charge is 0.141 e. The molecule has 2 nitrogen and oxygen atoms in total. The summed E-state index contributed by atoms with van der Waals surface area (Å²) in [5, 5.41) is 0. The second-order valence-electron chi connectivity index (χ2n) is 6.00. The molecule has 1 heterocycles. The van der Waals surface area contributed by atoms with Crippen LogP contribution in [0.1, 0.15) is 11.1 Å². The highest BCUT2D eigenvalue weighted by Crippen LogP contribution is 2.27. The standard InChI is InChI=1S/C21H17BrN2/c1-15-6-8-16(9-7-15)14-24-20-5-3-2-4-19(20)23-21(24)17-10-12-18(22)13-11-17/h2-13H,14H2,1H3. The van der Waals surface area contributed by atoms with Crippen molar-refractivity contribution >= 4 is 27.0 Å². The van der Waals surface area contributed by atoms with Crippen LogP contribution < -0.4 is 0 Å². The minimum atomic E-state index is 0.812. The number of nitrogens with zero attached hydrogens (tertiary/aromatic N) is 2. The molecule has 0 spiro atoms. The third-order valence-corrected chi connectivity index (χ3v) is 4.75. The number of aromatic nitrogens is 2. The topological polar surface area (TPSA) is 17.8 Å². The molecular weight excluding hydrogens is 360 g/mol. The zero-order valence-corrected chi connectivity index (χ0v) is 15.0. The van der Waals surface area contributed by atoms with E-state index in [1.165, 1.54) is 11.1 Å². The maximum absolute atomic E-state index is 4.87. The van der Waals surface area contributed by atoms with E-state index in [1.54, 1.807) is 0 Å². The van der Waals surface area contributed by atoms with Crippen molar-refractivity contribution in [2.45, 2.75) is 13.5 Å². The van der Waals surface area contributed by atoms with Crippen LogP contribution in [0.4, 0.5) is 0 Å². The average molecular weight is 377 g/mol. The molecule has 0 aliphatic heterocycles. The fourth-order valence-electron chi connectivity index (χ4n) is 2.93. The lowest BCUT2D eigenvalue weighted by atomic mass is 10.1. The van der Waals surface area contributed by atoms with Gasteiger partial charge in [0.15, 0.2) is 0 Å². The second-order valence-corrected chi connectivity index (χ2v) is 6.92. The van der Waals surface area contributed by atoms with E-state index in [1.807, 2.05) is 6.07 Å². The molecule has 0 aliphatic rings. The molecular formula is C21H17BrN2. The van der Waals surface area contributed by atoms with Gasteiger partial charge >= 0.3 is 0 Å². The van der Waals surface area contributed by atoms with E-state index in [0.717, 1.165) is 33.4 Å². The van der Waals surface area contributed by atoms with E-state index in [0.29, 0.717) is 0 Å². The molecule has 0 saturated heterocycles. The van der Waals surface area contributed by atoms with Crippen LogP contribution in [0.15, 0.2) is 77.3 Å². The normalized spacial score (nSPS) is 11.1. The summed E-state index contributed by atoms with van der Waals surface area (Å²) in [5.41, 5.74) is 5.88. The highest BCUT2D eigenvalue weighted by atomic mass is 79.9. The number of rotatable bonds is 3. The molecule has 4 rings (SSSR count). The predicted octanol–water partition coefficient (Wildman–Crippen LogP) is 5.82. The number of hydrogen-bond donors (Lipinski definition) is 0. The molecule has 1 aromatic heterocycles. The lowest BCUT2D eigenvalue weighted by Gasteiger charge is -2.10. The largest absolute Gasteiger partial charge is 0.319 e. The Balaban J connectivity index is 1.86. The molecule has 0 aliphatic carbocycles. The molecule has 0 atom stereocenters. The van der Waals surface area contributed by atoms with Crippen molar-refractivity contribution in [3.63, 3.8) is 0 Å². The molecule has 0 saturated carbocycles. The molecule has 3 heteroatoms. The van der Waals surface area contributed by atoms with Gasteiger partial charge in [0.25, 0.3) is 0 Å². The van der Waals surface area contributed by atoms with Crippen LogP contribution in [0.2, 0.25) is 0 Å². The molecule has 118 valence electrons. The van der Waals surface area contributed by atoms with Crippen LogP contribution in [-0.2, 0) is 6.54 Å². The average Bonchev–Trinajstić information content (AvgIpc) is 2.96. The minimum Gasteiger partial charge on any atom is -0.319 e. The zero-order valence-electron chi connectivity index (χ0n) is 13.4. The van der Waals surface area contributed by atoms with Gasteiger partial charge in [-0.15, -0.1) is 0 Å². The lowest BCUT2D eigenvalue weighted by molar-refractivity contribution is 0.834. The Labute approximate surface area is 149 Å². The predicted molar refractivity (Wildman–Crippen MR) is 103 cm³/mol. The Hall–Kier alpha value is -2.39. The van der Waals surface area contributed by atoms with Crippen LogP contribution in [0.3, 0.4) is 0 Å². The summed E-state index contributed by atoms with van der Waals surface area (Å²) in [6, 6.07) is 25.4. The fourth-order valence-corrected chi connectivity index (χ4v) is 3.20. The van der Waals surface area contributed by atoms with Crippen LogP contribution in [0, 0.1) is 6.92 Å². The summed E-state index contributed by atoms with van der Waals surface area (Å²) in [7, 11) is 0. The Morgan fingerprint density at radius 1 is 0.875 bits per heavy atom. The summed E-state index contributed by atoms with van der Waals surface area (Å²) < 4.78 is 3.37. The van der Waals surface area contributed by atoms with Gasteiger partial charge in [0.1, 0.15) is 5.82 Å². The van der Waals surface area contributed by atoms with Gasteiger partial charge in [-0.05, 0) is 36.8 Å². The Bertz CT molecular complexity index is 983. The van der Waals surface area contributed by atoms with Gasteiger partial charge < -0.3 is 4.57 Å². The second kappa shape index (κ2) is 6.25. The summed E-state index contributed by atoms with van der Waals surface area (Å²) in [6.45, 7) is 2.93. The van der Waals surface area contributed by atoms with Crippen molar-refractivity contribution in [1.29, 1.82) is 0 Å². The van der Waals surface area contributed by atoms with Crippen molar-refractivity contribution in [3.8, 4) is 11.4 Å². The van der Waals surface area contributed by atoms with Gasteiger partial charge in [0.2, 0.25) is 0 Å². The van der Waals surface area contributed by atoms with E-state index in [4.69, 9.17) is 4.98 Å². The van der Waals surface area contributed by atoms with Crippen LogP contribution in [0.5, 0.6) is 0 Å². The number of fused-ring (bicyclic) bond motifs is 1. The van der Waals surface area contributed by atoms with Crippen LogP contribution >= 0.6 is 15.9 Å². The third kappa shape index (κ3) is 2.87. The third-order valence-electron chi connectivity index (χ3n) is 4.22. The SMILES string of the molecule is Cc1ccc(Cn2c(-c3ccc(Br)cc3)nc3ccccc32)cc1. The molecule has 0 unspecified atom stereocenters. The monoisotopic (exact) mass is 376 g/mol. The Kier molecular flexibility index (Phi) is 3.95. The molecule has 0 radical (unpaired) electrons. The Morgan fingerprint density at radius 2 is 1.58 bits per heavy atom. The zero-order chi connectivity index (χ0) is 16.5. The number of hydrogen-bond acceptors (Lipinski definition) is 1. The molecule has 0 bridgehead atoms. The molecule has 4 aromatic rings. The molecule has 0 fully saturated rings. The lowest BCUT2D eigenvalue weighted by Crippen LogP contribution is -2.02. The first-order chi connectivity index (χ1) is 11.7. The fraction of sp³-hybridized carbons (Fsp3) is 0.0952. The number of imidazole rings is 1. The van der Waals surface area contributed by atoms with Crippen LogP contribution in [-0.4, -0.2) is 9.55 Å². The van der Waals surface area contributed by atoms with Gasteiger partial charge in [0.05, 0.1) is 11.0 Å². The van der Waals surface area contributed by atoms with E-state index < -0.39 is 0 Å². The van der Waals surface area contributed by atoms with Crippen molar-refractivity contribution in [2.75, 3.05) is 0 Å². The summed E-state index contributed by atoms with van der Waals surface area (Å²) in [5.74, 6) is 1.00.